The van der Waals surface area contributed by atoms with Gasteiger partial charge in [0.2, 0.25) is 5.91 Å². The molecule has 1 N–H and O–H groups in total. The number of rotatable bonds is 4. The second-order valence-corrected chi connectivity index (χ2v) is 7.79. The molecule has 1 aromatic rings. The monoisotopic (exact) mass is 375 g/mol. The highest BCUT2D eigenvalue weighted by molar-refractivity contribution is 5.79. The van der Waals surface area contributed by atoms with Crippen LogP contribution in [-0.4, -0.2) is 54.0 Å². The number of halogens is 1. The highest BCUT2D eigenvalue weighted by atomic mass is 19.1. The molecule has 3 rings (SSSR count). The third-order valence-electron chi connectivity index (χ3n) is 5.72. The van der Waals surface area contributed by atoms with Crippen LogP contribution in [0.25, 0.3) is 0 Å². The van der Waals surface area contributed by atoms with Crippen LogP contribution in [0.5, 0.6) is 0 Å². The van der Waals surface area contributed by atoms with Gasteiger partial charge < -0.3 is 15.1 Å². The third kappa shape index (κ3) is 5.21. The maximum absolute atomic E-state index is 13.8. The number of benzene rings is 1. The summed E-state index contributed by atoms with van der Waals surface area (Å²) in [6, 6.07) is 6.89. The van der Waals surface area contributed by atoms with Crippen LogP contribution in [0.3, 0.4) is 0 Å². The second-order valence-electron chi connectivity index (χ2n) is 7.79. The van der Waals surface area contributed by atoms with Crippen LogP contribution in [0.2, 0.25) is 0 Å². The first kappa shape index (κ1) is 19.6. The lowest BCUT2D eigenvalue weighted by Gasteiger charge is -2.37. The Kier molecular flexibility index (Phi) is 6.69. The van der Waals surface area contributed by atoms with Crippen molar-refractivity contribution in [1.82, 2.24) is 15.1 Å². The molecule has 2 aliphatic rings. The molecule has 1 saturated heterocycles. The largest absolute Gasteiger partial charge is 0.339 e. The number of nitrogens with zero attached hydrogens (tertiary/aromatic N) is 2. The molecule has 5 nitrogen and oxygen atoms in total. The van der Waals surface area contributed by atoms with Crippen molar-refractivity contribution >= 4 is 11.9 Å². The first-order valence-electron chi connectivity index (χ1n) is 10.1. The average Bonchev–Trinajstić information content (AvgIpc) is 2.70. The van der Waals surface area contributed by atoms with Crippen molar-refractivity contribution in [2.75, 3.05) is 26.2 Å². The fraction of sp³-hybridized carbons (Fsp3) is 0.619. The quantitative estimate of drug-likeness (QED) is 0.879. The zero-order valence-corrected chi connectivity index (χ0v) is 16.1. The lowest BCUT2D eigenvalue weighted by Crippen LogP contribution is -2.55. The van der Waals surface area contributed by atoms with E-state index in [1.807, 2.05) is 6.92 Å². The average molecular weight is 375 g/mol. The van der Waals surface area contributed by atoms with Gasteiger partial charge in [0.25, 0.3) is 0 Å². The Morgan fingerprint density at radius 2 is 1.70 bits per heavy atom. The topological polar surface area (TPSA) is 52.7 Å². The van der Waals surface area contributed by atoms with Crippen molar-refractivity contribution in [3.05, 3.63) is 35.6 Å². The number of piperazine rings is 1. The van der Waals surface area contributed by atoms with E-state index in [2.05, 4.69) is 5.32 Å². The molecule has 1 heterocycles. The molecule has 1 aliphatic carbocycles. The van der Waals surface area contributed by atoms with E-state index in [0.717, 1.165) is 12.8 Å². The molecule has 0 spiro atoms. The van der Waals surface area contributed by atoms with Gasteiger partial charge in [0.1, 0.15) is 5.82 Å². The molecule has 1 saturated carbocycles. The number of hydrogen-bond acceptors (Lipinski definition) is 2. The number of hydrogen-bond donors (Lipinski definition) is 1. The van der Waals surface area contributed by atoms with E-state index in [1.54, 1.807) is 28.0 Å². The summed E-state index contributed by atoms with van der Waals surface area (Å²) in [4.78, 5) is 28.7. The minimum absolute atomic E-state index is 0.00611. The van der Waals surface area contributed by atoms with Gasteiger partial charge in [-0.15, -0.1) is 0 Å². The number of carbonyl (C=O) groups is 2. The summed E-state index contributed by atoms with van der Waals surface area (Å²) in [7, 11) is 0. The van der Waals surface area contributed by atoms with E-state index in [9.17, 15) is 14.0 Å². The number of urea groups is 1. The molecule has 1 atom stereocenters. The van der Waals surface area contributed by atoms with Crippen LogP contribution in [0.1, 0.15) is 44.6 Å². The number of amides is 3. The summed E-state index contributed by atoms with van der Waals surface area (Å²) in [6.07, 6.45) is 6.17. The lowest BCUT2D eigenvalue weighted by molar-refractivity contribution is -0.136. The standard InChI is InChI=1S/C21H30FN3O2/c1-16(15-17-7-5-6-10-19(17)22)20(26)24-11-13-25(14-12-24)21(27)23-18-8-3-2-4-9-18/h5-7,10,16,18H,2-4,8-9,11-15H2,1H3,(H,23,27). The van der Waals surface area contributed by atoms with Crippen molar-refractivity contribution in [2.45, 2.75) is 51.5 Å². The molecular formula is C21H30FN3O2. The highest BCUT2D eigenvalue weighted by Gasteiger charge is 2.28. The molecule has 2 fully saturated rings. The van der Waals surface area contributed by atoms with Gasteiger partial charge in [-0.3, -0.25) is 4.79 Å². The van der Waals surface area contributed by atoms with E-state index in [4.69, 9.17) is 0 Å². The Balaban J connectivity index is 1.45. The van der Waals surface area contributed by atoms with E-state index in [1.165, 1.54) is 25.3 Å². The van der Waals surface area contributed by atoms with E-state index in [0.29, 0.717) is 44.2 Å². The molecule has 0 bridgehead atoms. The smallest absolute Gasteiger partial charge is 0.317 e. The van der Waals surface area contributed by atoms with Crippen LogP contribution in [-0.2, 0) is 11.2 Å². The van der Waals surface area contributed by atoms with E-state index in [-0.39, 0.29) is 23.7 Å². The summed E-state index contributed by atoms with van der Waals surface area (Å²) < 4.78 is 13.8. The Morgan fingerprint density at radius 3 is 2.37 bits per heavy atom. The highest BCUT2D eigenvalue weighted by Crippen LogP contribution is 2.18. The minimum Gasteiger partial charge on any atom is -0.339 e. The second kappa shape index (κ2) is 9.20. The predicted octanol–water partition coefficient (Wildman–Crippen LogP) is 3.19. The maximum atomic E-state index is 13.8. The first-order chi connectivity index (χ1) is 13.0. The Morgan fingerprint density at radius 1 is 1.07 bits per heavy atom. The predicted molar refractivity (Wildman–Crippen MR) is 103 cm³/mol. The van der Waals surface area contributed by atoms with Gasteiger partial charge in [-0.05, 0) is 30.9 Å². The summed E-state index contributed by atoms with van der Waals surface area (Å²) >= 11 is 0. The molecule has 0 aromatic heterocycles. The fourth-order valence-electron chi connectivity index (χ4n) is 4.04. The Labute approximate surface area is 160 Å². The first-order valence-corrected chi connectivity index (χ1v) is 10.1. The summed E-state index contributed by atoms with van der Waals surface area (Å²) in [5.74, 6) is -0.503. The zero-order chi connectivity index (χ0) is 19.2. The van der Waals surface area contributed by atoms with Crippen molar-refractivity contribution in [3.63, 3.8) is 0 Å². The molecular weight excluding hydrogens is 345 g/mol. The van der Waals surface area contributed by atoms with Crippen LogP contribution in [0.4, 0.5) is 9.18 Å². The van der Waals surface area contributed by atoms with Crippen molar-refractivity contribution in [2.24, 2.45) is 5.92 Å². The molecule has 27 heavy (non-hydrogen) atoms. The van der Waals surface area contributed by atoms with Crippen molar-refractivity contribution in [1.29, 1.82) is 0 Å². The molecule has 148 valence electrons. The van der Waals surface area contributed by atoms with Gasteiger partial charge in [-0.1, -0.05) is 44.4 Å². The van der Waals surface area contributed by atoms with E-state index >= 15 is 0 Å². The van der Waals surface area contributed by atoms with Crippen LogP contribution in [0.15, 0.2) is 24.3 Å². The summed E-state index contributed by atoms with van der Waals surface area (Å²) in [5.41, 5.74) is 0.573. The zero-order valence-electron chi connectivity index (χ0n) is 16.1. The molecule has 1 unspecified atom stereocenters. The van der Waals surface area contributed by atoms with Gasteiger partial charge >= 0.3 is 6.03 Å². The molecule has 1 aliphatic heterocycles. The minimum atomic E-state index is -0.274. The molecule has 1 aromatic carbocycles. The van der Waals surface area contributed by atoms with Gasteiger partial charge in [0.15, 0.2) is 0 Å². The Hall–Kier alpha value is -2.11. The number of nitrogens with one attached hydrogen (secondary N) is 1. The van der Waals surface area contributed by atoms with Gasteiger partial charge in [-0.2, -0.15) is 0 Å². The van der Waals surface area contributed by atoms with Gasteiger partial charge in [-0.25, -0.2) is 9.18 Å². The van der Waals surface area contributed by atoms with Crippen LogP contribution in [0, 0.1) is 11.7 Å². The van der Waals surface area contributed by atoms with Crippen molar-refractivity contribution < 1.29 is 14.0 Å². The van der Waals surface area contributed by atoms with E-state index < -0.39 is 0 Å². The van der Waals surface area contributed by atoms with Crippen molar-refractivity contribution in [3.8, 4) is 0 Å². The molecule has 3 amide bonds. The van der Waals surface area contributed by atoms with Gasteiger partial charge in [0.05, 0.1) is 0 Å². The summed E-state index contributed by atoms with van der Waals surface area (Å²) in [6.45, 7) is 4.03. The third-order valence-corrected chi connectivity index (χ3v) is 5.72. The number of carbonyl (C=O) groups excluding carboxylic acids is 2. The molecule has 0 radical (unpaired) electrons. The lowest BCUT2D eigenvalue weighted by atomic mass is 9.96. The molecule has 6 heteroatoms. The Bertz CT molecular complexity index is 653. The maximum Gasteiger partial charge on any atom is 0.317 e. The van der Waals surface area contributed by atoms with Crippen LogP contribution < -0.4 is 5.32 Å². The summed E-state index contributed by atoms with van der Waals surface area (Å²) in [5, 5.41) is 3.14. The fourth-order valence-corrected chi connectivity index (χ4v) is 4.04. The van der Waals surface area contributed by atoms with Gasteiger partial charge in [0, 0.05) is 38.1 Å². The normalized spacial score (nSPS) is 19.6. The SMILES string of the molecule is CC(Cc1ccccc1F)C(=O)N1CCN(C(=O)NC2CCCCC2)CC1. The van der Waals surface area contributed by atoms with Crippen LogP contribution >= 0.6 is 0 Å².